The maximum atomic E-state index is 6.63. The molecule has 1 heterocycles. The Labute approximate surface area is 131 Å². The highest BCUT2D eigenvalue weighted by Gasteiger charge is 2.44. The van der Waals surface area contributed by atoms with E-state index in [4.69, 9.17) is 10.5 Å². The van der Waals surface area contributed by atoms with Gasteiger partial charge >= 0.3 is 0 Å². The third-order valence-corrected chi connectivity index (χ3v) is 6.82. The monoisotopic (exact) mass is 293 g/mol. The molecule has 1 spiro atoms. The van der Waals surface area contributed by atoms with E-state index in [0.29, 0.717) is 11.5 Å². The van der Waals surface area contributed by atoms with Gasteiger partial charge < -0.3 is 10.5 Å². The van der Waals surface area contributed by atoms with Gasteiger partial charge in [0, 0.05) is 0 Å². The zero-order valence-electron chi connectivity index (χ0n) is 14.0. The van der Waals surface area contributed by atoms with Crippen molar-refractivity contribution in [3.8, 4) is 0 Å². The third kappa shape index (κ3) is 3.47. The van der Waals surface area contributed by atoms with Crippen molar-refractivity contribution in [2.24, 2.45) is 17.1 Å². The lowest BCUT2D eigenvalue weighted by atomic mass is 9.66. The first-order chi connectivity index (χ1) is 10.2. The summed E-state index contributed by atoms with van der Waals surface area (Å²) in [5.41, 5.74) is 6.92. The first-order valence-electron chi connectivity index (χ1n) is 9.57. The van der Waals surface area contributed by atoms with Crippen LogP contribution in [0.25, 0.3) is 0 Å². The van der Waals surface area contributed by atoms with Gasteiger partial charge in [0.1, 0.15) is 0 Å². The first kappa shape index (κ1) is 15.8. The SMILES string of the molecule is CCC1CCCC(CN)(CC2CCC3(CCCCC3)O2)C1. The average Bonchev–Trinajstić information content (AvgIpc) is 2.90. The molecule has 21 heavy (non-hydrogen) atoms. The van der Waals surface area contributed by atoms with E-state index in [9.17, 15) is 0 Å². The molecule has 122 valence electrons. The van der Waals surface area contributed by atoms with Crippen molar-refractivity contribution in [1.29, 1.82) is 0 Å². The number of hydrogen-bond donors (Lipinski definition) is 1. The highest BCUT2D eigenvalue weighted by atomic mass is 16.5. The molecule has 3 unspecified atom stereocenters. The topological polar surface area (TPSA) is 35.2 Å². The van der Waals surface area contributed by atoms with Crippen molar-refractivity contribution in [3.05, 3.63) is 0 Å². The van der Waals surface area contributed by atoms with E-state index in [1.807, 2.05) is 0 Å². The zero-order valence-corrected chi connectivity index (χ0v) is 14.0. The molecule has 3 atom stereocenters. The van der Waals surface area contributed by atoms with Gasteiger partial charge in [-0.3, -0.25) is 0 Å². The van der Waals surface area contributed by atoms with Gasteiger partial charge in [-0.1, -0.05) is 45.4 Å². The van der Waals surface area contributed by atoms with Crippen LogP contribution >= 0.6 is 0 Å². The summed E-state index contributed by atoms with van der Waals surface area (Å²) in [5.74, 6) is 0.910. The molecule has 0 aromatic heterocycles. The number of rotatable bonds is 4. The Hall–Kier alpha value is -0.0800. The second-order valence-electron chi connectivity index (χ2n) is 8.30. The lowest BCUT2D eigenvalue weighted by Crippen LogP contribution is -2.40. The van der Waals surface area contributed by atoms with Crippen molar-refractivity contribution in [2.75, 3.05) is 6.54 Å². The predicted molar refractivity (Wildman–Crippen MR) is 88.3 cm³/mol. The van der Waals surface area contributed by atoms with Gasteiger partial charge in [0.2, 0.25) is 0 Å². The summed E-state index contributed by atoms with van der Waals surface area (Å²) in [6, 6.07) is 0. The molecular weight excluding hydrogens is 258 g/mol. The van der Waals surface area contributed by atoms with E-state index < -0.39 is 0 Å². The Balaban J connectivity index is 1.59. The van der Waals surface area contributed by atoms with Gasteiger partial charge in [0.25, 0.3) is 0 Å². The Bertz CT molecular complexity index is 336. The van der Waals surface area contributed by atoms with Crippen LogP contribution in [-0.2, 0) is 4.74 Å². The molecule has 0 bridgehead atoms. The Kier molecular flexibility index (Phi) is 4.95. The maximum Gasteiger partial charge on any atom is 0.0687 e. The minimum Gasteiger partial charge on any atom is -0.372 e. The largest absolute Gasteiger partial charge is 0.372 e. The molecular formula is C19H35NO. The van der Waals surface area contributed by atoms with E-state index in [1.165, 1.54) is 83.5 Å². The van der Waals surface area contributed by atoms with Crippen molar-refractivity contribution in [2.45, 2.75) is 102 Å². The Morgan fingerprint density at radius 3 is 2.52 bits per heavy atom. The Morgan fingerprint density at radius 1 is 1.00 bits per heavy atom. The van der Waals surface area contributed by atoms with Gasteiger partial charge in [0.05, 0.1) is 11.7 Å². The lowest BCUT2D eigenvalue weighted by molar-refractivity contribution is -0.0811. The summed E-state index contributed by atoms with van der Waals surface area (Å²) in [6.45, 7) is 3.22. The highest BCUT2D eigenvalue weighted by Crippen LogP contribution is 2.48. The van der Waals surface area contributed by atoms with Crippen LogP contribution in [0.4, 0.5) is 0 Å². The Morgan fingerprint density at radius 2 is 1.81 bits per heavy atom. The minimum atomic E-state index is 0.275. The molecule has 3 fully saturated rings. The van der Waals surface area contributed by atoms with Crippen LogP contribution in [0.5, 0.6) is 0 Å². The van der Waals surface area contributed by atoms with E-state index in [0.717, 1.165) is 12.5 Å². The molecule has 3 rings (SSSR count). The van der Waals surface area contributed by atoms with Crippen LogP contribution < -0.4 is 5.73 Å². The fourth-order valence-electron chi connectivity index (χ4n) is 5.47. The summed E-state index contributed by atoms with van der Waals surface area (Å²) < 4.78 is 6.63. The summed E-state index contributed by atoms with van der Waals surface area (Å²) in [4.78, 5) is 0. The van der Waals surface area contributed by atoms with Crippen LogP contribution in [-0.4, -0.2) is 18.2 Å². The van der Waals surface area contributed by atoms with Crippen LogP contribution in [0.2, 0.25) is 0 Å². The highest BCUT2D eigenvalue weighted by molar-refractivity contribution is 4.95. The number of nitrogens with two attached hydrogens (primary N) is 1. The van der Waals surface area contributed by atoms with Crippen molar-refractivity contribution in [1.82, 2.24) is 0 Å². The summed E-state index contributed by atoms with van der Waals surface area (Å²) in [5, 5.41) is 0. The molecule has 2 nitrogen and oxygen atoms in total. The van der Waals surface area contributed by atoms with Crippen molar-refractivity contribution in [3.63, 3.8) is 0 Å². The molecule has 2 saturated carbocycles. The minimum absolute atomic E-state index is 0.275. The number of ether oxygens (including phenoxy) is 1. The fourth-order valence-corrected chi connectivity index (χ4v) is 5.47. The van der Waals surface area contributed by atoms with Crippen LogP contribution in [0, 0.1) is 11.3 Å². The van der Waals surface area contributed by atoms with Crippen LogP contribution in [0.3, 0.4) is 0 Å². The maximum absolute atomic E-state index is 6.63. The van der Waals surface area contributed by atoms with E-state index in [-0.39, 0.29) is 5.60 Å². The molecule has 0 radical (unpaired) electrons. The van der Waals surface area contributed by atoms with Gasteiger partial charge in [-0.05, 0) is 62.8 Å². The van der Waals surface area contributed by atoms with E-state index in [2.05, 4.69) is 6.92 Å². The molecule has 1 saturated heterocycles. The van der Waals surface area contributed by atoms with Gasteiger partial charge in [-0.15, -0.1) is 0 Å². The smallest absolute Gasteiger partial charge is 0.0687 e. The predicted octanol–water partition coefficient (Wildman–Crippen LogP) is 4.80. The molecule has 0 aromatic carbocycles. The van der Waals surface area contributed by atoms with Crippen molar-refractivity contribution >= 4 is 0 Å². The molecule has 0 amide bonds. The molecule has 2 N–H and O–H groups in total. The average molecular weight is 293 g/mol. The number of hydrogen-bond acceptors (Lipinski definition) is 2. The zero-order chi connectivity index (χ0) is 14.8. The van der Waals surface area contributed by atoms with E-state index >= 15 is 0 Å². The molecule has 0 aromatic rings. The molecule has 2 aliphatic carbocycles. The molecule has 3 aliphatic rings. The van der Waals surface area contributed by atoms with Crippen molar-refractivity contribution < 1.29 is 4.74 Å². The molecule has 1 aliphatic heterocycles. The van der Waals surface area contributed by atoms with Gasteiger partial charge in [0.15, 0.2) is 0 Å². The standard InChI is InChI=1S/C19H35NO/c1-2-16-7-6-9-18(13-16,15-20)14-17-8-12-19(21-17)10-4-3-5-11-19/h16-17H,2-15,20H2,1H3. The van der Waals surface area contributed by atoms with Gasteiger partial charge in [-0.2, -0.15) is 0 Å². The van der Waals surface area contributed by atoms with Crippen LogP contribution in [0.15, 0.2) is 0 Å². The summed E-state index contributed by atoms with van der Waals surface area (Å²) in [7, 11) is 0. The quantitative estimate of drug-likeness (QED) is 0.807. The first-order valence-corrected chi connectivity index (χ1v) is 9.57. The van der Waals surface area contributed by atoms with Gasteiger partial charge in [-0.25, -0.2) is 0 Å². The lowest BCUT2D eigenvalue weighted by Gasteiger charge is -2.42. The van der Waals surface area contributed by atoms with E-state index in [1.54, 1.807) is 0 Å². The fraction of sp³-hybridized carbons (Fsp3) is 1.00. The summed E-state index contributed by atoms with van der Waals surface area (Å²) in [6.07, 6.45) is 18.0. The molecule has 2 heteroatoms. The normalized spacial score (nSPS) is 39.7. The third-order valence-electron chi connectivity index (χ3n) is 6.82. The second-order valence-corrected chi connectivity index (χ2v) is 8.30. The summed E-state index contributed by atoms with van der Waals surface area (Å²) >= 11 is 0. The second kappa shape index (κ2) is 6.58. The van der Waals surface area contributed by atoms with Crippen LogP contribution in [0.1, 0.15) is 90.4 Å².